The standard InChI is InChI=1S/C13H19FN2O2/c1-15-13(12-8-16-5-6-18-12)10-7-9(14)3-4-11(10)17-2/h3-4,7,12-13,15-16H,5-6,8H2,1-2H3. The van der Waals surface area contributed by atoms with Gasteiger partial charge in [0, 0.05) is 18.7 Å². The van der Waals surface area contributed by atoms with E-state index in [0.29, 0.717) is 12.4 Å². The van der Waals surface area contributed by atoms with Crippen molar-refractivity contribution in [3.05, 3.63) is 29.6 Å². The summed E-state index contributed by atoms with van der Waals surface area (Å²) in [5.41, 5.74) is 0.786. The topological polar surface area (TPSA) is 42.5 Å². The first kappa shape index (κ1) is 13.3. The Bertz CT molecular complexity index is 395. The minimum absolute atomic E-state index is 0.0283. The first-order chi connectivity index (χ1) is 8.76. The summed E-state index contributed by atoms with van der Waals surface area (Å²) >= 11 is 0. The Morgan fingerprint density at radius 3 is 3.00 bits per heavy atom. The van der Waals surface area contributed by atoms with E-state index in [9.17, 15) is 4.39 Å². The average Bonchev–Trinajstić information content (AvgIpc) is 2.41. The summed E-state index contributed by atoms with van der Waals surface area (Å²) in [6.07, 6.45) is -0.0283. The Labute approximate surface area is 106 Å². The van der Waals surface area contributed by atoms with Gasteiger partial charge in [-0.05, 0) is 25.2 Å². The van der Waals surface area contributed by atoms with Crippen molar-refractivity contribution in [2.75, 3.05) is 33.9 Å². The van der Waals surface area contributed by atoms with Crippen LogP contribution in [-0.4, -0.2) is 40.0 Å². The highest BCUT2D eigenvalue weighted by Gasteiger charge is 2.27. The quantitative estimate of drug-likeness (QED) is 0.844. The van der Waals surface area contributed by atoms with E-state index in [4.69, 9.17) is 9.47 Å². The molecule has 4 nitrogen and oxygen atoms in total. The molecular weight excluding hydrogens is 235 g/mol. The molecule has 2 atom stereocenters. The maximum Gasteiger partial charge on any atom is 0.123 e. The predicted octanol–water partition coefficient (Wildman–Crippen LogP) is 1.08. The molecule has 0 spiro atoms. The van der Waals surface area contributed by atoms with Gasteiger partial charge in [0.2, 0.25) is 0 Å². The number of morpholine rings is 1. The van der Waals surface area contributed by atoms with E-state index in [1.807, 2.05) is 7.05 Å². The molecule has 0 aromatic heterocycles. The van der Waals surface area contributed by atoms with E-state index in [-0.39, 0.29) is 18.0 Å². The number of ether oxygens (including phenoxy) is 2. The smallest absolute Gasteiger partial charge is 0.123 e. The van der Waals surface area contributed by atoms with Gasteiger partial charge in [-0.2, -0.15) is 0 Å². The Morgan fingerprint density at radius 2 is 2.39 bits per heavy atom. The molecule has 18 heavy (non-hydrogen) atoms. The minimum atomic E-state index is -0.269. The Balaban J connectivity index is 2.27. The molecule has 1 fully saturated rings. The molecule has 0 bridgehead atoms. The molecule has 100 valence electrons. The normalized spacial score (nSPS) is 21.6. The molecule has 2 unspecified atom stereocenters. The zero-order valence-corrected chi connectivity index (χ0v) is 10.7. The highest BCUT2D eigenvalue weighted by Crippen LogP contribution is 2.29. The second kappa shape index (κ2) is 6.13. The number of rotatable bonds is 4. The molecule has 0 amide bonds. The third-order valence-electron chi connectivity index (χ3n) is 3.17. The van der Waals surface area contributed by atoms with Crippen LogP contribution in [0.15, 0.2) is 18.2 Å². The first-order valence-corrected chi connectivity index (χ1v) is 6.09. The summed E-state index contributed by atoms with van der Waals surface area (Å²) in [4.78, 5) is 0. The average molecular weight is 254 g/mol. The number of hydrogen-bond acceptors (Lipinski definition) is 4. The highest BCUT2D eigenvalue weighted by molar-refractivity contribution is 5.37. The highest BCUT2D eigenvalue weighted by atomic mass is 19.1. The van der Waals surface area contributed by atoms with Crippen LogP contribution < -0.4 is 15.4 Å². The number of nitrogens with one attached hydrogen (secondary N) is 2. The maximum atomic E-state index is 13.4. The Morgan fingerprint density at radius 1 is 1.56 bits per heavy atom. The molecule has 1 aromatic rings. The third-order valence-corrected chi connectivity index (χ3v) is 3.17. The van der Waals surface area contributed by atoms with Crippen molar-refractivity contribution < 1.29 is 13.9 Å². The van der Waals surface area contributed by atoms with Crippen LogP contribution in [0.2, 0.25) is 0 Å². The van der Waals surface area contributed by atoms with Gasteiger partial charge in [-0.15, -0.1) is 0 Å². The fourth-order valence-corrected chi connectivity index (χ4v) is 2.29. The van der Waals surface area contributed by atoms with Crippen LogP contribution in [0.5, 0.6) is 5.75 Å². The zero-order chi connectivity index (χ0) is 13.0. The van der Waals surface area contributed by atoms with Gasteiger partial charge in [0.15, 0.2) is 0 Å². The predicted molar refractivity (Wildman–Crippen MR) is 67.4 cm³/mol. The Hall–Kier alpha value is -1.17. The van der Waals surface area contributed by atoms with Crippen LogP contribution in [0, 0.1) is 5.82 Å². The lowest BCUT2D eigenvalue weighted by molar-refractivity contribution is 0.00486. The second-order valence-corrected chi connectivity index (χ2v) is 4.27. The van der Waals surface area contributed by atoms with Crippen LogP contribution in [0.4, 0.5) is 4.39 Å². The van der Waals surface area contributed by atoms with Crippen molar-refractivity contribution in [3.63, 3.8) is 0 Å². The van der Waals surface area contributed by atoms with E-state index in [1.165, 1.54) is 12.1 Å². The maximum absolute atomic E-state index is 13.4. The van der Waals surface area contributed by atoms with Crippen molar-refractivity contribution in [1.82, 2.24) is 10.6 Å². The van der Waals surface area contributed by atoms with E-state index in [2.05, 4.69) is 10.6 Å². The molecule has 0 radical (unpaired) electrons. The SMILES string of the molecule is CNC(c1cc(F)ccc1OC)C1CNCCO1. The van der Waals surface area contributed by atoms with Gasteiger partial charge < -0.3 is 20.1 Å². The number of methoxy groups -OCH3 is 1. The van der Waals surface area contributed by atoms with Gasteiger partial charge in [-0.25, -0.2) is 4.39 Å². The fourth-order valence-electron chi connectivity index (χ4n) is 2.29. The van der Waals surface area contributed by atoms with Gasteiger partial charge in [0.05, 0.1) is 25.9 Å². The summed E-state index contributed by atoms with van der Waals surface area (Å²) in [6.45, 7) is 2.26. The van der Waals surface area contributed by atoms with Crippen LogP contribution in [0.3, 0.4) is 0 Å². The summed E-state index contributed by atoms with van der Waals surface area (Å²) in [5, 5.41) is 6.45. The molecule has 0 saturated carbocycles. The molecule has 2 rings (SSSR count). The van der Waals surface area contributed by atoms with Crippen molar-refractivity contribution >= 4 is 0 Å². The van der Waals surface area contributed by atoms with E-state index >= 15 is 0 Å². The number of likely N-dealkylation sites (N-methyl/N-ethyl adjacent to an activating group) is 1. The first-order valence-electron chi connectivity index (χ1n) is 6.09. The summed E-state index contributed by atoms with van der Waals surface area (Å²) < 4.78 is 24.4. The van der Waals surface area contributed by atoms with Crippen LogP contribution in [-0.2, 0) is 4.74 Å². The van der Waals surface area contributed by atoms with E-state index in [0.717, 1.165) is 18.7 Å². The van der Waals surface area contributed by atoms with Gasteiger partial charge in [0.25, 0.3) is 0 Å². The molecule has 1 aliphatic heterocycles. The Kier molecular flexibility index (Phi) is 4.52. The van der Waals surface area contributed by atoms with E-state index < -0.39 is 0 Å². The van der Waals surface area contributed by atoms with E-state index in [1.54, 1.807) is 13.2 Å². The van der Waals surface area contributed by atoms with Crippen LogP contribution >= 0.6 is 0 Å². The monoisotopic (exact) mass is 254 g/mol. The molecule has 2 N–H and O–H groups in total. The lowest BCUT2D eigenvalue weighted by Gasteiger charge is -2.31. The largest absolute Gasteiger partial charge is 0.496 e. The zero-order valence-electron chi connectivity index (χ0n) is 10.7. The van der Waals surface area contributed by atoms with Crippen molar-refractivity contribution in [2.24, 2.45) is 0 Å². The van der Waals surface area contributed by atoms with Gasteiger partial charge in [0.1, 0.15) is 11.6 Å². The number of hydrogen-bond donors (Lipinski definition) is 2. The molecular formula is C13H19FN2O2. The van der Waals surface area contributed by atoms with Crippen molar-refractivity contribution in [1.29, 1.82) is 0 Å². The molecule has 1 heterocycles. The molecule has 1 aliphatic rings. The minimum Gasteiger partial charge on any atom is -0.496 e. The summed E-state index contributed by atoms with van der Waals surface area (Å²) in [7, 11) is 3.43. The summed E-state index contributed by atoms with van der Waals surface area (Å²) in [5.74, 6) is 0.403. The molecule has 1 aromatic carbocycles. The number of benzene rings is 1. The fraction of sp³-hybridized carbons (Fsp3) is 0.538. The van der Waals surface area contributed by atoms with Crippen LogP contribution in [0.25, 0.3) is 0 Å². The van der Waals surface area contributed by atoms with Gasteiger partial charge >= 0.3 is 0 Å². The number of halogens is 1. The van der Waals surface area contributed by atoms with Crippen LogP contribution in [0.1, 0.15) is 11.6 Å². The second-order valence-electron chi connectivity index (χ2n) is 4.27. The molecule has 0 aliphatic carbocycles. The van der Waals surface area contributed by atoms with Crippen molar-refractivity contribution in [3.8, 4) is 5.75 Å². The van der Waals surface area contributed by atoms with Gasteiger partial charge in [-0.1, -0.05) is 0 Å². The van der Waals surface area contributed by atoms with Gasteiger partial charge in [-0.3, -0.25) is 0 Å². The lowest BCUT2D eigenvalue weighted by Crippen LogP contribution is -2.45. The third kappa shape index (κ3) is 2.80. The summed E-state index contributed by atoms with van der Waals surface area (Å²) in [6, 6.07) is 4.45. The lowest BCUT2D eigenvalue weighted by atomic mass is 9.99. The molecule has 5 heteroatoms. The van der Waals surface area contributed by atoms with Crippen molar-refractivity contribution in [2.45, 2.75) is 12.1 Å². The molecule has 1 saturated heterocycles.